The molecule has 12 atom stereocenters. The van der Waals surface area contributed by atoms with Crippen molar-refractivity contribution in [3.05, 3.63) is 71.7 Å². The van der Waals surface area contributed by atoms with Gasteiger partial charge < -0.3 is 43.1 Å². The predicted octanol–water partition coefficient (Wildman–Crippen LogP) is 5.17. The first kappa shape index (κ1) is 35.5. The van der Waals surface area contributed by atoms with Gasteiger partial charge in [0.25, 0.3) is 5.97 Å². The molecule has 0 radical (unpaired) electrons. The van der Waals surface area contributed by atoms with Gasteiger partial charge in [-0.15, -0.1) is 0 Å². The summed E-state index contributed by atoms with van der Waals surface area (Å²) in [6.07, 6.45) is 1.75. The second-order valence-electron chi connectivity index (χ2n) is 16.9. The van der Waals surface area contributed by atoms with Gasteiger partial charge in [0.2, 0.25) is 0 Å². The van der Waals surface area contributed by atoms with Crippen LogP contribution >= 0.6 is 0 Å². The van der Waals surface area contributed by atoms with Crippen molar-refractivity contribution in [2.24, 2.45) is 28.1 Å². The van der Waals surface area contributed by atoms with Gasteiger partial charge in [0.1, 0.15) is 29.5 Å². The van der Waals surface area contributed by atoms with E-state index in [0.717, 1.165) is 0 Å². The number of aliphatic hydroxyl groups is 2. The number of methoxy groups -OCH3 is 1. The summed E-state index contributed by atoms with van der Waals surface area (Å²) in [7, 11) is 1.29. The molecular formula is C40H48O12. The fourth-order valence-electron chi connectivity index (χ4n) is 11.7. The lowest BCUT2D eigenvalue weighted by Crippen LogP contribution is -2.95. The highest BCUT2D eigenvalue weighted by Crippen LogP contribution is 2.84. The first-order chi connectivity index (χ1) is 24.4. The van der Waals surface area contributed by atoms with Crippen LogP contribution in [0.2, 0.25) is 0 Å². The lowest BCUT2D eigenvalue weighted by atomic mass is 9.30. The largest absolute Gasteiger partial charge is 0.472 e. The van der Waals surface area contributed by atoms with Crippen LogP contribution in [0.15, 0.2) is 65.0 Å². The van der Waals surface area contributed by atoms with E-state index in [1.165, 1.54) is 32.6 Å². The molecule has 2 aromatic rings. The van der Waals surface area contributed by atoms with Gasteiger partial charge in [0, 0.05) is 40.2 Å². The van der Waals surface area contributed by atoms with Crippen LogP contribution in [0.4, 0.5) is 0 Å². The van der Waals surface area contributed by atoms with E-state index in [2.05, 4.69) is 0 Å². The Morgan fingerprint density at radius 3 is 2.37 bits per heavy atom. The maximum atomic E-state index is 14.1. The highest BCUT2D eigenvalue weighted by Gasteiger charge is 2.98. The molecule has 5 fully saturated rings. The van der Waals surface area contributed by atoms with E-state index in [4.69, 9.17) is 32.8 Å². The number of benzene rings is 1. The van der Waals surface area contributed by atoms with Crippen molar-refractivity contribution in [2.75, 3.05) is 7.11 Å². The number of fused-ring (bicyclic) bond motifs is 5. The molecule has 6 aliphatic rings. The first-order valence-corrected chi connectivity index (χ1v) is 18.2. The van der Waals surface area contributed by atoms with Gasteiger partial charge in [0.05, 0.1) is 25.2 Å². The van der Waals surface area contributed by atoms with Gasteiger partial charge >= 0.3 is 17.9 Å². The fourth-order valence-corrected chi connectivity index (χ4v) is 11.7. The van der Waals surface area contributed by atoms with Crippen LogP contribution in [0.3, 0.4) is 0 Å². The van der Waals surface area contributed by atoms with Crippen LogP contribution in [0.5, 0.6) is 0 Å². The Morgan fingerprint density at radius 1 is 1.02 bits per heavy atom. The summed E-state index contributed by atoms with van der Waals surface area (Å²) in [6, 6.07) is 10.1. The van der Waals surface area contributed by atoms with Gasteiger partial charge in [-0.05, 0) is 55.9 Å². The molecule has 1 aromatic heterocycles. The van der Waals surface area contributed by atoms with E-state index in [-0.39, 0.29) is 18.4 Å². The number of hydrogen-bond donors (Lipinski definition) is 2. The Morgan fingerprint density at radius 2 is 1.73 bits per heavy atom. The normalized spacial score (nSPS) is 45.6. The first-order valence-electron chi connectivity index (χ1n) is 18.2. The SMILES string of the molecule is CCC(C)C12O[C@@H]3[C@]4(O)[C@@H](OC(=O)c5ccccc5)C(C)(C)[C@H](CC(=O)OC)[C@@](C)([C@@]4(C)O)[C@]4(CC[C@]5(C)C(=CC(=O)O[C@H]5c5ccoc5)[C@@]34O1)O2. The van der Waals surface area contributed by atoms with E-state index in [1.807, 2.05) is 41.5 Å². The summed E-state index contributed by atoms with van der Waals surface area (Å²) in [5.41, 5.74) is -10.1. The molecule has 2 saturated heterocycles. The van der Waals surface area contributed by atoms with E-state index >= 15 is 0 Å². The van der Waals surface area contributed by atoms with Crippen molar-refractivity contribution in [2.45, 2.75) is 121 Å². The molecule has 2 unspecified atom stereocenters. The molecule has 4 heterocycles. The molecule has 2 N–H and O–H groups in total. The Bertz CT molecular complexity index is 1850. The molecule has 8 rings (SSSR count). The monoisotopic (exact) mass is 720 g/mol. The molecular weight excluding hydrogens is 672 g/mol. The Labute approximate surface area is 302 Å². The summed E-state index contributed by atoms with van der Waals surface area (Å²) in [4.78, 5) is 41.3. The molecule has 0 amide bonds. The zero-order chi connectivity index (χ0) is 37.5. The molecule has 1 aromatic carbocycles. The topological polar surface area (TPSA) is 160 Å². The van der Waals surface area contributed by atoms with Crippen molar-refractivity contribution in [1.29, 1.82) is 0 Å². The Kier molecular flexibility index (Phi) is 7.36. The zero-order valence-corrected chi connectivity index (χ0v) is 30.9. The third-order valence-corrected chi connectivity index (χ3v) is 14.6. The number of carbonyl (C=O) groups excluding carboxylic acids is 3. The number of ether oxygens (including phenoxy) is 6. The van der Waals surface area contributed by atoms with E-state index in [9.17, 15) is 24.6 Å². The molecule has 12 nitrogen and oxygen atoms in total. The molecule has 12 heteroatoms. The van der Waals surface area contributed by atoms with Crippen LogP contribution < -0.4 is 0 Å². The quantitative estimate of drug-likeness (QED) is 0.286. The molecule has 3 saturated carbocycles. The number of esters is 3. The standard InChI is InChI=1S/C40H48O12/c1-9-22(2)40-50-32-38(45)31(49-30(43)23-13-11-10-12-14-23)33(3,4)25(19-27(41)46-8)35(6,36(38,7)44)37(51-40)17-16-34(5)26(39(32,37)52-40)20-28(42)48-29(34)24-15-18-47-21-24/h10-15,18,20-22,25,29,31-32,44-45H,9,16-17,19H2,1-8H3/t22?,25-,29-,31-,32+,34+,35-,36+,37-,38+,39+,40?/m0/s1. The number of hydrogen-bond acceptors (Lipinski definition) is 12. The second-order valence-corrected chi connectivity index (χ2v) is 16.9. The predicted molar refractivity (Wildman–Crippen MR) is 181 cm³/mol. The molecule has 1 spiro atoms. The maximum absolute atomic E-state index is 14.1. The van der Waals surface area contributed by atoms with Crippen molar-refractivity contribution >= 4 is 17.9 Å². The molecule has 280 valence electrons. The Hall–Kier alpha value is -3.55. The average molecular weight is 721 g/mol. The minimum atomic E-state index is -2.41. The van der Waals surface area contributed by atoms with Crippen molar-refractivity contribution in [1.82, 2.24) is 0 Å². The van der Waals surface area contributed by atoms with Gasteiger partial charge in [-0.25, -0.2) is 9.59 Å². The third kappa shape index (κ3) is 3.77. The fraction of sp³-hybridized carbons (Fsp3) is 0.625. The summed E-state index contributed by atoms with van der Waals surface area (Å²) >= 11 is 0. The van der Waals surface area contributed by atoms with E-state index in [0.29, 0.717) is 24.0 Å². The van der Waals surface area contributed by atoms with Crippen LogP contribution in [-0.2, 0) is 38.0 Å². The van der Waals surface area contributed by atoms with E-state index in [1.54, 1.807) is 36.4 Å². The minimum absolute atomic E-state index is 0.218. The molecule has 3 aliphatic carbocycles. The highest BCUT2D eigenvalue weighted by molar-refractivity contribution is 5.89. The average Bonchev–Trinajstić information content (AvgIpc) is 3.85. The lowest BCUT2D eigenvalue weighted by Gasteiger charge is -2.79. The van der Waals surface area contributed by atoms with E-state index < -0.39 is 92.7 Å². The minimum Gasteiger partial charge on any atom is -0.472 e. The van der Waals surface area contributed by atoms with Crippen LogP contribution in [0.1, 0.15) is 96.2 Å². The van der Waals surface area contributed by atoms with Gasteiger partial charge in [-0.1, -0.05) is 59.7 Å². The van der Waals surface area contributed by atoms with Crippen LogP contribution in [0, 0.1) is 28.1 Å². The van der Waals surface area contributed by atoms with Crippen molar-refractivity contribution in [3.8, 4) is 0 Å². The van der Waals surface area contributed by atoms with Crippen molar-refractivity contribution in [3.63, 3.8) is 0 Å². The summed E-state index contributed by atoms with van der Waals surface area (Å²) in [5.74, 6) is -4.92. The number of rotatable bonds is 7. The number of carbonyl (C=O) groups is 3. The summed E-state index contributed by atoms with van der Waals surface area (Å²) in [5, 5.41) is 27.2. The Balaban J connectivity index is 1.44. The number of cyclic esters (lactones) is 1. The maximum Gasteiger partial charge on any atom is 0.338 e. The van der Waals surface area contributed by atoms with Crippen molar-refractivity contribution < 1.29 is 57.4 Å². The van der Waals surface area contributed by atoms with Crippen LogP contribution in [-0.4, -0.2) is 75.8 Å². The number of furan rings is 1. The molecule has 4 bridgehead atoms. The summed E-state index contributed by atoms with van der Waals surface area (Å²) in [6.45, 7) is 12.8. The second kappa shape index (κ2) is 10.8. The van der Waals surface area contributed by atoms with Gasteiger partial charge in [-0.2, -0.15) is 0 Å². The molecule has 52 heavy (non-hydrogen) atoms. The smallest absolute Gasteiger partial charge is 0.338 e. The van der Waals surface area contributed by atoms with Crippen LogP contribution in [0.25, 0.3) is 0 Å². The highest BCUT2D eigenvalue weighted by atomic mass is 17.0. The lowest BCUT2D eigenvalue weighted by molar-refractivity contribution is -0.476. The molecule has 3 aliphatic heterocycles. The third-order valence-electron chi connectivity index (χ3n) is 14.6. The van der Waals surface area contributed by atoms with Gasteiger partial charge in [-0.3, -0.25) is 4.79 Å². The zero-order valence-electron chi connectivity index (χ0n) is 30.9. The summed E-state index contributed by atoms with van der Waals surface area (Å²) < 4.78 is 44.7. The van der Waals surface area contributed by atoms with Gasteiger partial charge in [0.15, 0.2) is 11.2 Å².